The molecular weight excluding hydrogens is 350 g/mol. The standard InChI is InChI=1S/C22H27N5O/c23-6-1-2-15-8-19(9-15)27-7-5-16(12-27)22-11-24-20-4-3-17(10-21(20)26-22)25-18-13-28-14-18/h3-5,7,10-12,15,18-19,25H,1-2,6,8-9,13-14,23H2. The lowest BCUT2D eigenvalue weighted by Crippen LogP contribution is -2.40. The smallest absolute Gasteiger partial charge is 0.0914 e. The zero-order valence-electron chi connectivity index (χ0n) is 16.1. The first-order chi connectivity index (χ1) is 13.8. The van der Waals surface area contributed by atoms with E-state index < -0.39 is 0 Å². The van der Waals surface area contributed by atoms with Crippen molar-refractivity contribution in [1.29, 1.82) is 0 Å². The molecule has 1 aliphatic carbocycles. The molecule has 6 nitrogen and oxygen atoms in total. The number of rotatable bonds is 7. The first kappa shape index (κ1) is 17.6. The monoisotopic (exact) mass is 377 g/mol. The molecule has 3 N–H and O–H groups in total. The van der Waals surface area contributed by atoms with Crippen LogP contribution in [0.15, 0.2) is 42.9 Å². The Balaban J connectivity index is 1.31. The second-order valence-electron chi connectivity index (χ2n) is 8.11. The molecule has 146 valence electrons. The third-order valence-electron chi connectivity index (χ3n) is 6.01. The molecular formula is C22H27N5O. The van der Waals surface area contributed by atoms with Crippen molar-refractivity contribution in [3.05, 3.63) is 42.9 Å². The average molecular weight is 377 g/mol. The fourth-order valence-corrected chi connectivity index (χ4v) is 4.17. The predicted molar refractivity (Wildman–Crippen MR) is 111 cm³/mol. The highest BCUT2D eigenvalue weighted by atomic mass is 16.5. The second-order valence-corrected chi connectivity index (χ2v) is 8.11. The first-order valence-corrected chi connectivity index (χ1v) is 10.3. The van der Waals surface area contributed by atoms with E-state index in [4.69, 9.17) is 15.5 Å². The van der Waals surface area contributed by atoms with Gasteiger partial charge in [0.05, 0.1) is 42.2 Å². The molecule has 0 amide bonds. The molecule has 1 aromatic carbocycles. The number of aromatic nitrogens is 3. The number of nitrogens with one attached hydrogen (secondary N) is 1. The Kier molecular flexibility index (Phi) is 4.74. The summed E-state index contributed by atoms with van der Waals surface area (Å²) in [6, 6.07) is 9.33. The number of fused-ring (bicyclic) bond motifs is 1. The molecule has 0 bridgehead atoms. The number of benzene rings is 1. The van der Waals surface area contributed by atoms with Gasteiger partial charge in [-0.3, -0.25) is 4.98 Å². The van der Waals surface area contributed by atoms with Gasteiger partial charge < -0.3 is 20.4 Å². The molecule has 0 spiro atoms. The van der Waals surface area contributed by atoms with E-state index in [2.05, 4.69) is 45.5 Å². The number of nitrogens with zero attached hydrogens (tertiary/aromatic N) is 3. The summed E-state index contributed by atoms with van der Waals surface area (Å²) in [5.41, 5.74) is 10.6. The van der Waals surface area contributed by atoms with Gasteiger partial charge in [0.15, 0.2) is 0 Å². The Hall–Kier alpha value is -2.44. The summed E-state index contributed by atoms with van der Waals surface area (Å²) in [6.07, 6.45) is 11.2. The van der Waals surface area contributed by atoms with Crippen LogP contribution in [0.1, 0.15) is 31.7 Å². The van der Waals surface area contributed by atoms with E-state index in [0.717, 1.165) is 60.1 Å². The quantitative estimate of drug-likeness (QED) is 0.658. The van der Waals surface area contributed by atoms with Crippen LogP contribution in [0.25, 0.3) is 22.3 Å². The Bertz CT molecular complexity index is 958. The lowest BCUT2D eigenvalue weighted by molar-refractivity contribution is 0.0211. The minimum absolute atomic E-state index is 0.402. The maximum atomic E-state index is 5.62. The van der Waals surface area contributed by atoms with Crippen LogP contribution in [0.4, 0.5) is 5.69 Å². The van der Waals surface area contributed by atoms with Crippen molar-refractivity contribution in [1.82, 2.24) is 14.5 Å². The Morgan fingerprint density at radius 2 is 2.07 bits per heavy atom. The van der Waals surface area contributed by atoms with Crippen molar-refractivity contribution in [2.24, 2.45) is 11.7 Å². The molecule has 3 aromatic rings. The normalized spacial score (nSPS) is 22.0. The van der Waals surface area contributed by atoms with Crippen LogP contribution < -0.4 is 11.1 Å². The van der Waals surface area contributed by atoms with Gasteiger partial charge >= 0.3 is 0 Å². The number of hydrogen-bond donors (Lipinski definition) is 2. The van der Waals surface area contributed by atoms with E-state index in [1.165, 1.54) is 19.3 Å². The summed E-state index contributed by atoms with van der Waals surface area (Å²) in [6.45, 7) is 2.35. The van der Waals surface area contributed by atoms with Gasteiger partial charge in [0.1, 0.15) is 0 Å². The molecule has 3 heterocycles. The highest BCUT2D eigenvalue weighted by molar-refractivity contribution is 5.80. The maximum absolute atomic E-state index is 5.62. The summed E-state index contributed by atoms with van der Waals surface area (Å²) >= 11 is 0. The summed E-state index contributed by atoms with van der Waals surface area (Å²) < 4.78 is 7.58. The first-order valence-electron chi connectivity index (χ1n) is 10.3. The van der Waals surface area contributed by atoms with Gasteiger partial charge in [0, 0.05) is 29.7 Å². The molecule has 0 radical (unpaired) electrons. The average Bonchev–Trinajstić information content (AvgIpc) is 3.12. The summed E-state index contributed by atoms with van der Waals surface area (Å²) in [5.74, 6) is 0.840. The van der Waals surface area contributed by atoms with Gasteiger partial charge in [-0.2, -0.15) is 0 Å². The van der Waals surface area contributed by atoms with E-state index in [1.54, 1.807) is 0 Å². The van der Waals surface area contributed by atoms with Gasteiger partial charge in [0.25, 0.3) is 0 Å². The van der Waals surface area contributed by atoms with Crippen molar-refractivity contribution in [3.63, 3.8) is 0 Å². The molecule has 2 aromatic heterocycles. The van der Waals surface area contributed by atoms with Crippen LogP contribution in [-0.4, -0.2) is 40.3 Å². The maximum Gasteiger partial charge on any atom is 0.0914 e. The van der Waals surface area contributed by atoms with Crippen molar-refractivity contribution in [3.8, 4) is 11.3 Å². The third kappa shape index (κ3) is 3.50. The topological polar surface area (TPSA) is 78.0 Å². The lowest BCUT2D eigenvalue weighted by Gasteiger charge is -2.36. The third-order valence-corrected chi connectivity index (χ3v) is 6.01. The largest absolute Gasteiger partial charge is 0.378 e. The van der Waals surface area contributed by atoms with Crippen molar-refractivity contribution < 1.29 is 4.74 Å². The summed E-state index contributed by atoms with van der Waals surface area (Å²) in [7, 11) is 0. The fraction of sp³-hybridized carbons (Fsp3) is 0.455. The highest BCUT2D eigenvalue weighted by Crippen LogP contribution is 2.41. The molecule has 5 rings (SSSR count). The van der Waals surface area contributed by atoms with Crippen LogP contribution >= 0.6 is 0 Å². The Morgan fingerprint density at radius 3 is 2.86 bits per heavy atom. The minimum Gasteiger partial charge on any atom is -0.378 e. The van der Waals surface area contributed by atoms with Gasteiger partial charge in [0.2, 0.25) is 0 Å². The molecule has 1 saturated carbocycles. The van der Waals surface area contributed by atoms with Crippen molar-refractivity contribution in [2.75, 3.05) is 25.1 Å². The number of hydrogen-bond acceptors (Lipinski definition) is 5. The van der Waals surface area contributed by atoms with Crippen molar-refractivity contribution >= 4 is 16.7 Å². The van der Waals surface area contributed by atoms with E-state index in [9.17, 15) is 0 Å². The number of nitrogens with two attached hydrogens (primary N) is 1. The number of ether oxygens (including phenoxy) is 1. The van der Waals surface area contributed by atoms with Gasteiger partial charge in [-0.15, -0.1) is 0 Å². The zero-order chi connectivity index (χ0) is 18.9. The van der Waals surface area contributed by atoms with Crippen molar-refractivity contribution in [2.45, 2.75) is 37.8 Å². The molecule has 2 aliphatic rings. The molecule has 2 fully saturated rings. The second kappa shape index (κ2) is 7.53. The molecule has 6 heteroatoms. The van der Waals surface area contributed by atoms with Crippen LogP contribution in [0.3, 0.4) is 0 Å². The summed E-state index contributed by atoms with van der Waals surface area (Å²) in [5, 5.41) is 3.48. The SMILES string of the molecule is NCCCC1CC(n2ccc(-c3cnc4ccc(NC5COC5)cc4n3)c2)C1. The van der Waals surface area contributed by atoms with E-state index in [0.29, 0.717) is 12.1 Å². The molecule has 28 heavy (non-hydrogen) atoms. The van der Waals surface area contributed by atoms with E-state index in [1.807, 2.05) is 12.3 Å². The van der Waals surface area contributed by atoms with E-state index in [-0.39, 0.29) is 0 Å². The fourth-order valence-electron chi connectivity index (χ4n) is 4.17. The van der Waals surface area contributed by atoms with Gasteiger partial charge in [-0.05, 0) is 62.4 Å². The number of anilines is 1. The molecule has 0 unspecified atom stereocenters. The Labute approximate surface area is 165 Å². The summed E-state index contributed by atoms with van der Waals surface area (Å²) in [4.78, 5) is 9.48. The molecule has 1 aliphatic heterocycles. The van der Waals surface area contributed by atoms with Crippen LogP contribution in [0, 0.1) is 5.92 Å². The zero-order valence-corrected chi connectivity index (χ0v) is 16.1. The van der Waals surface area contributed by atoms with Gasteiger partial charge in [-0.1, -0.05) is 0 Å². The Morgan fingerprint density at radius 1 is 1.18 bits per heavy atom. The highest BCUT2D eigenvalue weighted by Gasteiger charge is 2.29. The van der Waals surface area contributed by atoms with E-state index >= 15 is 0 Å². The lowest BCUT2D eigenvalue weighted by atomic mass is 9.77. The van der Waals surface area contributed by atoms with Crippen LogP contribution in [0.5, 0.6) is 0 Å². The molecule has 1 saturated heterocycles. The predicted octanol–water partition coefficient (Wildman–Crippen LogP) is 3.60. The van der Waals surface area contributed by atoms with Gasteiger partial charge in [-0.25, -0.2) is 4.98 Å². The van der Waals surface area contributed by atoms with Crippen LogP contribution in [0.2, 0.25) is 0 Å². The molecule has 0 atom stereocenters. The minimum atomic E-state index is 0.402. The van der Waals surface area contributed by atoms with Crippen LogP contribution in [-0.2, 0) is 4.74 Å².